The Morgan fingerprint density at radius 3 is 2.85 bits per heavy atom. The van der Waals surface area contributed by atoms with Gasteiger partial charge in [0, 0.05) is 5.02 Å². The Morgan fingerprint density at radius 1 is 1.20 bits per heavy atom. The highest BCUT2D eigenvalue weighted by atomic mass is 35.5. The average Bonchev–Trinajstić information content (AvgIpc) is 2.46. The third kappa shape index (κ3) is 2.51. The highest BCUT2D eigenvalue weighted by Gasteiger charge is 2.16. The van der Waals surface area contributed by atoms with Crippen LogP contribution in [0.2, 0.25) is 5.02 Å². The van der Waals surface area contributed by atoms with E-state index in [9.17, 15) is 4.39 Å². The molecule has 2 aromatic carbocycles. The van der Waals surface area contributed by atoms with Gasteiger partial charge in [0.15, 0.2) is 0 Å². The number of hydrogen-bond acceptors (Lipinski definition) is 2. The summed E-state index contributed by atoms with van der Waals surface area (Å²) in [5.41, 5.74) is 9.11. The second-order valence-corrected chi connectivity index (χ2v) is 5.37. The Kier molecular flexibility index (Phi) is 3.64. The summed E-state index contributed by atoms with van der Waals surface area (Å²) in [6.45, 7) is 0.766. The molecule has 1 aliphatic rings. The first kappa shape index (κ1) is 13.4. The van der Waals surface area contributed by atoms with Gasteiger partial charge in [-0.15, -0.1) is 0 Å². The lowest BCUT2D eigenvalue weighted by Crippen LogP contribution is -2.14. The van der Waals surface area contributed by atoms with Gasteiger partial charge in [0.25, 0.3) is 0 Å². The van der Waals surface area contributed by atoms with Crippen molar-refractivity contribution < 1.29 is 9.13 Å². The van der Waals surface area contributed by atoms with Gasteiger partial charge in [-0.2, -0.15) is 0 Å². The van der Waals surface area contributed by atoms with E-state index in [2.05, 4.69) is 6.07 Å². The molecule has 2 aromatic rings. The number of hydrogen-bond donors (Lipinski definition) is 1. The van der Waals surface area contributed by atoms with E-state index in [1.54, 1.807) is 6.07 Å². The molecule has 4 heteroatoms. The van der Waals surface area contributed by atoms with Gasteiger partial charge in [0.1, 0.15) is 11.6 Å². The van der Waals surface area contributed by atoms with Crippen LogP contribution in [0.1, 0.15) is 29.2 Å². The molecule has 0 radical (unpaired) electrons. The molecule has 1 unspecified atom stereocenters. The first-order chi connectivity index (χ1) is 9.65. The highest BCUT2D eigenvalue weighted by Crippen LogP contribution is 2.31. The maximum atomic E-state index is 13.1. The van der Waals surface area contributed by atoms with Crippen LogP contribution in [-0.2, 0) is 6.42 Å². The molecule has 2 N–H and O–H groups in total. The monoisotopic (exact) mass is 291 g/mol. The van der Waals surface area contributed by atoms with Gasteiger partial charge in [0.05, 0.1) is 12.6 Å². The largest absolute Gasteiger partial charge is 0.493 e. The quantitative estimate of drug-likeness (QED) is 0.912. The van der Waals surface area contributed by atoms with Crippen molar-refractivity contribution in [1.29, 1.82) is 0 Å². The van der Waals surface area contributed by atoms with Gasteiger partial charge in [-0.25, -0.2) is 4.39 Å². The summed E-state index contributed by atoms with van der Waals surface area (Å²) >= 11 is 6.07. The molecular weight excluding hydrogens is 277 g/mol. The zero-order valence-corrected chi connectivity index (χ0v) is 11.7. The van der Waals surface area contributed by atoms with Crippen LogP contribution in [0.25, 0.3) is 0 Å². The van der Waals surface area contributed by atoms with Crippen LogP contribution in [-0.4, -0.2) is 6.61 Å². The molecule has 1 heterocycles. The molecule has 1 atom stereocenters. The Labute approximate surface area is 122 Å². The van der Waals surface area contributed by atoms with Crippen LogP contribution in [0.4, 0.5) is 4.39 Å². The van der Waals surface area contributed by atoms with Crippen molar-refractivity contribution in [3.63, 3.8) is 0 Å². The smallest absolute Gasteiger partial charge is 0.124 e. The van der Waals surface area contributed by atoms with Crippen LogP contribution < -0.4 is 10.5 Å². The number of rotatable bonds is 2. The minimum absolute atomic E-state index is 0.353. The van der Waals surface area contributed by atoms with Gasteiger partial charge in [-0.1, -0.05) is 29.8 Å². The lowest BCUT2D eigenvalue weighted by Gasteiger charge is -2.20. The van der Waals surface area contributed by atoms with Crippen molar-refractivity contribution in [2.24, 2.45) is 5.73 Å². The van der Waals surface area contributed by atoms with Crippen molar-refractivity contribution in [2.75, 3.05) is 6.61 Å². The van der Waals surface area contributed by atoms with E-state index in [4.69, 9.17) is 22.1 Å². The molecule has 0 aromatic heterocycles. The molecule has 1 aliphatic heterocycles. The summed E-state index contributed by atoms with van der Waals surface area (Å²) in [6.07, 6.45) is 2.01. The molecular formula is C16H15ClFNO. The summed E-state index contributed by atoms with van der Waals surface area (Å²) in [7, 11) is 0. The van der Waals surface area contributed by atoms with E-state index in [1.165, 1.54) is 17.7 Å². The first-order valence-corrected chi connectivity index (χ1v) is 6.99. The third-order valence-corrected chi connectivity index (χ3v) is 3.92. The molecule has 0 saturated heterocycles. The number of nitrogens with two attached hydrogens (primary N) is 1. The van der Waals surface area contributed by atoms with Crippen molar-refractivity contribution >= 4 is 11.6 Å². The molecule has 0 aliphatic carbocycles. The fraction of sp³-hybridized carbons (Fsp3) is 0.250. The van der Waals surface area contributed by atoms with Gasteiger partial charge >= 0.3 is 0 Å². The van der Waals surface area contributed by atoms with Crippen LogP contribution in [0.3, 0.4) is 0 Å². The Balaban J connectivity index is 1.95. The maximum absolute atomic E-state index is 13.1. The number of benzene rings is 2. The molecule has 2 nitrogen and oxygen atoms in total. The first-order valence-electron chi connectivity index (χ1n) is 6.61. The van der Waals surface area contributed by atoms with Crippen molar-refractivity contribution in [3.8, 4) is 5.75 Å². The normalized spacial score (nSPS) is 15.3. The maximum Gasteiger partial charge on any atom is 0.124 e. The van der Waals surface area contributed by atoms with Gasteiger partial charge < -0.3 is 10.5 Å². The van der Waals surface area contributed by atoms with E-state index in [0.717, 1.165) is 36.3 Å². The summed E-state index contributed by atoms with van der Waals surface area (Å²) in [4.78, 5) is 0. The van der Waals surface area contributed by atoms with E-state index < -0.39 is 0 Å². The summed E-state index contributed by atoms with van der Waals surface area (Å²) in [6, 6.07) is 9.88. The molecule has 0 spiro atoms. The fourth-order valence-electron chi connectivity index (χ4n) is 2.51. The minimum atomic E-state index is -0.365. The summed E-state index contributed by atoms with van der Waals surface area (Å²) < 4.78 is 18.7. The Morgan fingerprint density at radius 2 is 2.05 bits per heavy atom. The Hall–Kier alpha value is -1.58. The second-order valence-electron chi connectivity index (χ2n) is 4.96. The van der Waals surface area contributed by atoms with Crippen LogP contribution in [0.15, 0.2) is 36.4 Å². The summed E-state index contributed by atoms with van der Waals surface area (Å²) in [5.74, 6) is 0.571. The number of ether oxygens (including phenoxy) is 1. The lowest BCUT2D eigenvalue weighted by molar-refractivity contribution is 0.288. The summed E-state index contributed by atoms with van der Waals surface area (Å²) in [5, 5.41) is 0.353. The zero-order valence-electron chi connectivity index (χ0n) is 10.9. The zero-order chi connectivity index (χ0) is 14.1. The minimum Gasteiger partial charge on any atom is -0.493 e. The van der Waals surface area contributed by atoms with Crippen LogP contribution in [0, 0.1) is 5.82 Å². The Bertz CT molecular complexity index is 644. The van der Waals surface area contributed by atoms with Gasteiger partial charge in [-0.3, -0.25) is 0 Å². The molecule has 20 heavy (non-hydrogen) atoms. The lowest BCUT2D eigenvalue weighted by atomic mass is 9.95. The van der Waals surface area contributed by atoms with E-state index >= 15 is 0 Å². The predicted molar refractivity (Wildman–Crippen MR) is 77.7 cm³/mol. The van der Waals surface area contributed by atoms with Crippen molar-refractivity contribution in [1.82, 2.24) is 0 Å². The highest BCUT2D eigenvalue weighted by molar-refractivity contribution is 6.31. The molecule has 104 valence electrons. The fourth-order valence-corrected chi connectivity index (χ4v) is 2.79. The molecule has 0 fully saturated rings. The second kappa shape index (κ2) is 5.43. The number of aryl methyl sites for hydroxylation is 1. The topological polar surface area (TPSA) is 35.2 Å². The molecule has 3 rings (SSSR count). The number of fused-ring (bicyclic) bond motifs is 1. The third-order valence-electron chi connectivity index (χ3n) is 3.59. The predicted octanol–water partition coefficient (Wildman–Crippen LogP) is 3.85. The SMILES string of the molecule is NC(c1ccc2c(c1)CCCO2)c1ccc(F)cc1Cl. The van der Waals surface area contributed by atoms with Gasteiger partial charge in [-0.05, 0) is 47.7 Å². The molecule has 0 bridgehead atoms. The van der Waals surface area contributed by atoms with Gasteiger partial charge in [0.2, 0.25) is 0 Å². The standard InChI is InChI=1S/C16H15ClFNO/c17-14-9-12(18)4-5-13(14)16(19)11-3-6-15-10(8-11)2-1-7-20-15/h3-6,8-9,16H,1-2,7,19H2. The molecule has 0 saturated carbocycles. The van der Waals surface area contributed by atoms with Crippen LogP contribution >= 0.6 is 11.6 Å². The van der Waals surface area contributed by atoms with Crippen LogP contribution in [0.5, 0.6) is 5.75 Å². The van der Waals surface area contributed by atoms with E-state index in [0.29, 0.717) is 5.02 Å². The van der Waals surface area contributed by atoms with Crippen molar-refractivity contribution in [3.05, 3.63) is 63.9 Å². The van der Waals surface area contributed by atoms with E-state index in [-0.39, 0.29) is 11.9 Å². The number of halogens is 2. The van der Waals surface area contributed by atoms with E-state index in [1.807, 2.05) is 12.1 Å². The average molecular weight is 292 g/mol. The molecule has 0 amide bonds. The van der Waals surface area contributed by atoms with Crippen molar-refractivity contribution in [2.45, 2.75) is 18.9 Å².